The second kappa shape index (κ2) is 23.1. The topological polar surface area (TPSA) is 262 Å². The van der Waals surface area contributed by atoms with Crippen LogP contribution in [0.15, 0.2) is 182 Å². The van der Waals surface area contributed by atoms with Gasteiger partial charge in [-0.15, -0.1) is 0 Å². The molecule has 10 rings (SSSR count). The molecule has 0 fully saturated rings. The zero-order chi connectivity index (χ0) is 55.9. The molecule has 10 aromatic carbocycles. The van der Waals surface area contributed by atoms with Crippen molar-refractivity contribution in [2.75, 3.05) is 39.6 Å². The van der Waals surface area contributed by atoms with Crippen molar-refractivity contribution in [3.63, 3.8) is 0 Å². The standard InChI is InChI=1S/C60H42N4O16/c65-59(41-31-43(61(67)68)35-44(32-41)62(69)70)79-29-27-77-53-23-19-39-11-3-7-15-49(39)57(53)55-47-13-5-1-9-37(47)17-21-51(55)75-25-26-76-52-22-18-38-10-2-6-14-48(38)56(52)58-50-16-8-4-12-40(50)20-24-54(58)78-28-30-80-60(66)42-33-45(63(71)72)36-46(34-42)64(73)74/h1-24,31-36H,25-30H2. The molecule has 0 bridgehead atoms. The quantitative estimate of drug-likeness (QED) is 0.0280. The van der Waals surface area contributed by atoms with Crippen molar-refractivity contribution in [2.24, 2.45) is 0 Å². The highest BCUT2D eigenvalue weighted by atomic mass is 16.6. The third-order valence-electron chi connectivity index (χ3n) is 12.9. The van der Waals surface area contributed by atoms with Gasteiger partial charge in [0.2, 0.25) is 0 Å². The van der Waals surface area contributed by atoms with Gasteiger partial charge in [-0.05, 0) is 67.4 Å². The zero-order valence-corrected chi connectivity index (χ0v) is 41.9. The lowest BCUT2D eigenvalue weighted by Gasteiger charge is -2.21. The van der Waals surface area contributed by atoms with Crippen molar-refractivity contribution in [1.29, 1.82) is 0 Å². The molecule has 0 saturated carbocycles. The normalized spacial score (nSPS) is 11.1. The van der Waals surface area contributed by atoms with E-state index >= 15 is 0 Å². The highest BCUT2D eigenvalue weighted by molar-refractivity contribution is 6.11. The van der Waals surface area contributed by atoms with E-state index in [-0.39, 0.29) is 50.8 Å². The van der Waals surface area contributed by atoms with Gasteiger partial charge in [0.1, 0.15) is 62.6 Å². The molecule has 20 heteroatoms. The van der Waals surface area contributed by atoms with E-state index in [1.807, 2.05) is 133 Å². The molecule has 0 aliphatic heterocycles. The van der Waals surface area contributed by atoms with Crippen molar-refractivity contribution in [3.05, 3.63) is 234 Å². The summed E-state index contributed by atoms with van der Waals surface area (Å²) in [5, 5.41) is 52.8. The van der Waals surface area contributed by atoms with Gasteiger partial charge in [-0.3, -0.25) is 40.5 Å². The highest BCUT2D eigenvalue weighted by Crippen LogP contribution is 2.47. The number of ether oxygens (including phenoxy) is 6. The summed E-state index contributed by atoms with van der Waals surface area (Å²) in [6.45, 7) is -0.824. The Morgan fingerprint density at radius 3 is 0.800 bits per heavy atom. The largest absolute Gasteiger partial charge is 0.489 e. The van der Waals surface area contributed by atoms with Gasteiger partial charge >= 0.3 is 11.9 Å². The Bertz CT molecular complexity index is 3800. The SMILES string of the molecule is O=C(OCCOc1ccc2ccccc2c1-c1c(OCCOc2ccc3ccccc3c2-c2c(OCCOC(=O)c3cc([N+](=O)[O-])cc([N+](=O)[O-])c3)ccc3ccccc23)ccc2ccccc12)c1cc([N+](=O)[O-])cc([N+](=O)[O-])c1. The first-order valence-electron chi connectivity index (χ1n) is 24.6. The number of carbonyl (C=O) groups is 2. The molecule has 398 valence electrons. The summed E-state index contributed by atoms with van der Waals surface area (Å²) in [5.74, 6) is -0.177. The Kier molecular flexibility index (Phi) is 15.1. The molecule has 80 heavy (non-hydrogen) atoms. The second-order valence-corrected chi connectivity index (χ2v) is 17.8. The number of non-ortho nitro benzene ring substituents is 4. The number of nitro benzene ring substituents is 4. The molecule has 0 unspecified atom stereocenters. The maximum Gasteiger partial charge on any atom is 0.338 e. The molecular formula is C60H42N4O16. The maximum atomic E-state index is 13.0. The van der Waals surface area contributed by atoms with Gasteiger partial charge in [0, 0.05) is 46.5 Å². The predicted molar refractivity (Wildman–Crippen MR) is 296 cm³/mol. The summed E-state index contributed by atoms with van der Waals surface area (Å²) < 4.78 is 36.9. The summed E-state index contributed by atoms with van der Waals surface area (Å²) in [5.41, 5.74) is -0.491. The molecular weight excluding hydrogens is 1030 g/mol. The molecule has 0 amide bonds. The number of hydrogen-bond acceptors (Lipinski definition) is 16. The monoisotopic (exact) mass is 1070 g/mol. The smallest absolute Gasteiger partial charge is 0.338 e. The fourth-order valence-electron chi connectivity index (χ4n) is 9.41. The first-order valence-corrected chi connectivity index (χ1v) is 24.6. The number of benzene rings is 10. The summed E-state index contributed by atoms with van der Waals surface area (Å²) in [7, 11) is 0. The Morgan fingerprint density at radius 1 is 0.312 bits per heavy atom. The molecule has 0 aromatic heterocycles. The molecule has 0 heterocycles. The summed E-state index contributed by atoms with van der Waals surface area (Å²) in [4.78, 5) is 68.6. The van der Waals surface area contributed by atoms with Gasteiger partial charge in [0.15, 0.2) is 0 Å². The van der Waals surface area contributed by atoms with Crippen LogP contribution in [0, 0.1) is 40.5 Å². The molecule has 0 N–H and O–H groups in total. The Hall–Kier alpha value is -11.0. The maximum absolute atomic E-state index is 13.0. The van der Waals surface area contributed by atoms with Crippen molar-refractivity contribution < 1.29 is 57.7 Å². The van der Waals surface area contributed by atoms with Crippen LogP contribution in [0.25, 0.3) is 65.3 Å². The number of carbonyl (C=O) groups excluding carboxylic acids is 2. The minimum atomic E-state index is -1.01. The number of fused-ring (bicyclic) bond motifs is 4. The van der Waals surface area contributed by atoms with Crippen molar-refractivity contribution >= 4 is 77.8 Å². The lowest BCUT2D eigenvalue weighted by Crippen LogP contribution is -2.13. The van der Waals surface area contributed by atoms with Crippen LogP contribution < -0.4 is 18.9 Å². The first-order chi connectivity index (χ1) is 38.8. The average molecular weight is 1080 g/mol. The zero-order valence-electron chi connectivity index (χ0n) is 41.9. The van der Waals surface area contributed by atoms with Gasteiger partial charge < -0.3 is 28.4 Å². The summed E-state index contributed by atoms with van der Waals surface area (Å²) >= 11 is 0. The van der Waals surface area contributed by atoms with E-state index in [9.17, 15) is 50.0 Å². The van der Waals surface area contributed by atoms with Gasteiger partial charge in [0.25, 0.3) is 22.7 Å². The van der Waals surface area contributed by atoms with Crippen LogP contribution >= 0.6 is 0 Å². The highest BCUT2D eigenvalue weighted by Gasteiger charge is 2.25. The lowest BCUT2D eigenvalue weighted by atomic mass is 9.92. The molecule has 0 saturated heterocycles. The summed E-state index contributed by atoms with van der Waals surface area (Å²) in [6.07, 6.45) is 0. The molecule has 20 nitrogen and oxygen atoms in total. The fraction of sp³-hybridized carbons (Fsp3) is 0.100. The molecule has 0 atom stereocenters. The Balaban J connectivity index is 0.915. The number of rotatable bonds is 21. The van der Waals surface area contributed by atoms with Crippen LogP contribution in [-0.4, -0.2) is 71.3 Å². The van der Waals surface area contributed by atoms with E-state index in [1.165, 1.54) is 0 Å². The molecule has 10 aromatic rings. The van der Waals surface area contributed by atoms with Gasteiger partial charge in [-0.25, -0.2) is 9.59 Å². The van der Waals surface area contributed by atoms with Gasteiger partial charge in [-0.1, -0.05) is 121 Å². The minimum Gasteiger partial charge on any atom is -0.489 e. The van der Waals surface area contributed by atoms with Crippen LogP contribution in [0.5, 0.6) is 23.0 Å². The van der Waals surface area contributed by atoms with E-state index in [1.54, 1.807) is 12.1 Å². The van der Waals surface area contributed by atoms with Crippen LogP contribution in [-0.2, 0) is 9.47 Å². The first kappa shape index (κ1) is 52.4. The van der Waals surface area contributed by atoms with E-state index in [0.717, 1.165) is 79.5 Å². The van der Waals surface area contributed by atoms with E-state index in [4.69, 9.17) is 28.4 Å². The lowest BCUT2D eigenvalue weighted by molar-refractivity contribution is -0.394. The predicted octanol–water partition coefficient (Wildman–Crippen LogP) is 13.2. The van der Waals surface area contributed by atoms with Crippen LogP contribution in [0.2, 0.25) is 0 Å². The van der Waals surface area contributed by atoms with E-state index in [0.29, 0.717) is 45.3 Å². The van der Waals surface area contributed by atoms with Gasteiger partial charge in [0.05, 0.1) is 43.0 Å². The number of esters is 2. The fourth-order valence-corrected chi connectivity index (χ4v) is 9.41. The summed E-state index contributed by atoms with van der Waals surface area (Å²) in [6, 6.07) is 51.2. The second-order valence-electron chi connectivity index (χ2n) is 17.8. The Labute approximate surface area is 452 Å². The van der Waals surface area contributed by atoms with Gasteiger partial charge in [-0.2, -0.15) is 0 Å². The molecule has 0 aliphatic carbocycles. The van der Waals surface area contributed by atoms with Crippen molar-refractivity contribution in [1.82, 2.24) is 0 Å². The van der Waals surface area contributed by atoms with Crippen LogP contribution in [0.3, 0.4) is 0 Å². The van der Waals surface area contributed by atoms with Crippen molar-refractivity contribution in [2.45, 2.75) is 0 Å². The van der Waals surface area contributed by atoms with Crippen LogP contribution in [0.1, 0.15) is 20.7 Å². The number of hydrogen-bond donors (Lipinski definition) is 0. The third kappa shape index (κ3) is 11.1. The average Bonchev–Trinajstić information content (AvgIpc) is 3.53. The van der Waals surface area contributed by atoms with Crippen LogP contribution in [0.4, 0.5) is 22.7 Å². The Morgan fingerprint density at radius 2 is 0.550 bits per heavy atom. The minimum absolute atomic E-state index is 0.0579. The third-order valence-corrected chi connectivity index (χ3v) is 12.9. The van der Waals surface area contributed by atoms with E-state index in [2.05, 4.69) is 0 Å². The number of nitro groups is 4. The molecule has 0 aliphatic rings. The van der Waals surface area contributed by atoms with E-state index < -0.39 is 54.4 Å². The molecule has 0 spiro atoms. The molecule has 0 radical (unpaired) electrons. The van der Waals surface area contributed by atoms with Crippen molar-refractivity contribution in [3.8, 4) is 45.3 Å². The number of nitrogens with zero attached hydrogens (tertiary/aromatic N) is 4.